The van der Waals surface area contributed by atoms with E-state index in [2.05, 4.69) is 17.3 Å². The van der Waals surface area contributed by atoms with Gasteiger partial charge in [0, 0.05) is 36.8 Å². The van der Waals surface area contributed by atoms with Gasteiger partial charge in [0.1, 0.15) is 11.5 Å². The van der Waals surface area contributed by atoms with Crippen molar-refractivity contribution in [3.05, 3.63) is 52.6 Å². The van der Waals surface area contributed by atoms with Crippen molar-refractivity contribution in [2.45, 2.75) is 6.42 Å². The maximum absolute atomic E-state index is 12.8. The minimum atomic E-state index is -0.416. The minimum Gasteiger partial charge on any atom is -0.457 e. The van der Waals surface area contributed by atoms with Crippen molar-refractivity contribution in [1.29, 1.82) is 0 Å². The molecular weight excluding hydrogens is 390 g/mol. The van der Waals surface area contributed by atoms with Gasteiger partial charge < -0.3 is 14.2 Å². The van der Waals surface area contributed by atoms with Crippen LogP contribution in [0.15, 0.2) is 45.7 Å². The van der Waals surface area contributed by atoms with Crippen LogP contribution in [0.2, 0.25) is 0 Å². The predicted octanol–water partition coefficient (Wildman–Crippen LogP) is 3.05. The molecule has 0 atom stereocenters. The normalized spacial score (nSPS) is 19.5. The third kappa shape index (κ3) is 4.44. The molecule has 150 valence electrons. The van der Waals surface area contributed by atoms with Gasteiger partial charge in [0.05, 0.1) is 4.91 Å². The second-order valence-electron chi connectivity index (χ2n) is 7.08. The Bertz CT molecular complexity index is 980. The Morgan fingerprint density at radius 1 is 1.07 bits per heavy atom. The predicted molar refractivity (Wildman–Crippen MR) is 111 cm³/mol. The van der Waals surface area contributed by atoms with E-state index in [0.29, 0.717) is 22.0 Å². The molecule has 3 amide bonds. The molecule has 0 saturated carbocycles. The standard InChI is InChI=1S/C21H21N3O4S/c1-23-9-2-10-24(12-11-23)20(26)15-5-3-14(4-6-15)17-8-7-16(28-17)13-18-19(25)22-21(27)29-18/h3-8,13H,2,9-12H2,1H3,(H,22,25,27). The molecule has 1 aromatic carbocycles. The smallest absolute Gasteiger partial charge is 0.290 e. The van der Waals surface area contributed by atoms with Crippen LogP contribution in [0.3, 0.4) is 0 Å². The van der Waals surface area contributed by atoms with Gasteiger partial charge in [-0.15, -0.1) is 0 Å². The van der Waals surface area contributed by atoms with Crippen LogP contribution in [0.1, 0.15) is 22.5 Å². The number of carbonyl (C=O) groups is 3. The van der Waals surface area contributed by atoms with E-state index in [9.17, 15) is 14.4 Å². The Morgan fingerprint density at radius 3 is 2.59 bits per heavy atom. The number of thioether (sulfide) groups is 1. The first-order valence-electron chi connectivity index (χ1n) is 9.42. The highest BCUT2D eigenvalue weighted by Gasteiger charge is 2.25. The fourth-order valence-corrected chi connectivity index (χ4v) is 4.01. The molecule has 2 aliphatic rings. The highest BCUT2D eigenvalue weighted by atomic mass is 32.2. The largest absolute Gasteiger partial charge is 0.457 e. The van der Waals surface area contributed by atoms with Crippen LogP contribution in [0.5, 0.6) is 0 Å². The summed E-state index contributed by atoms with van der Waals surface area (Å²) in [6.45, 7) is 3.40. The molecule has 2 aliphatic heterocycles. The number of imide groups is 1. The van der Waals surface area contributed by atoms with Gasteiger partial charge in [-0.3, -0.25) is 19.7 Å². The molecule has 1 aromatic heterocycles. The van der Waals surface area contributed by atoms with Crippen molar-refractivity contribution in [3.8, 4) is 11.3 Å². The van der Waals surface area contributed by atoms with Crippen LogP contribution in [-0.4, -0.2) is 60.1 Å². The first kappa shape index (κ1) is 19.5. The number of nitrogens with zero attached hydrogens (tertiary/aromatic N) is 2. The molecule has 0 bridgehead atoms. The molecule has 4 rings (SSSR count). The molecule has 2 aromatic rings. The molecule has 0 radical (unpaired) electrons. The monoisotopic (exact) mass is 411 g/mol. The topological polar surface area (TPSA) is 82.9 Å². The van der Waals surface area contributed by atoms with Crippen LogP contribution in [-0.2, 0) is 4.79 Å². The zero-order chi connectivity index (χ0) is 20.4. The van der Waals surface area contributed by atoms with E-state index >= 15 is 0 Å². The van der Waals surface area contributed by atoms with Crippen LogP contribution in [0.25, 0.3) is 17.4 Å². The summed E-state index contributed by atoms with van der Waals surface area (Å²) in [5, 5.41) is 1.83. The Morgan fingerprint density at radius 2 is 1.86 bits per heavy atom. The van der Waals surface area contributed by atoms with Crippen LogP contribution >= 0.6 is 11.8 Å². The maximum atomic E-state index is 12.8. The number of furan rings is 1. The van der Waals surface area contributed by atoms with Gasteiger partial charge in [-0.05, 0) is 56.0 Å². The van der Waals surface area contributed by atoms with Crippen molar-refractivity contribution >= 4 is 34.9 Å². The SMILES string of the molecule is CN1CCCN(C(=O)c2ccc(-c3ccc(C=C4SC(=O)NC4=O)o3)cc2)CC1. The number of hydrogen-bond donors (Lipinski definition) is 1. The number of rotatable bonds is 3. The summed E-state index contributed by atoms with van der Waals surface area (Å²) in [7, 11) is 2.08. The summed E-state index contributed by atoms with van der Waals surface area (Å²) in [6.07, 6.45) is 2.52. The molecular formula is C21H21N3O4S. The molecule has 3 heterocycles. The number of carbonyl (C=O) groups excluding carboxylic acids is 3. The molecule has 2 fully saturated rings. The van der Waals surface area contributed by atoms with Crippen molar-refractivity contribution < 1.29 is 18.8 Å². The third-order valence-electron chi connectivity index (χ3n) is 4.97. The summed E-state index contributed by atoms with van der Waals surface area (Å²) >= 11 is 0.850. The zero-order valence-corrected chi connectivity index (χ0v) is 16.8. The summed E-state index contributed by atoms with van der Waals surface area (Å²) in [5.74, 6) is 0.745. The van der Waals surface area contributed by atoms with Gasteiger partial charge >= 0.3 is 0 Å². The van der Waals surface area contributed by atoms with E-state index in [1.54, 1.807) is 18.2 Å². The van der Waals surface area contributed by atoms with Crippen molar-refractivity contribution in [2.24, 2.45) is 0 Å². The first-order chi connectivity index (χ1) is 14.0. The van der Waals surface area contributed by atoms with Gasteiger partial charge in [0.15, 0.2) is 0 Å². The maximum Gasteiger partial charge on any atom is 0.290 e. The number of benzene rings is 1. The van der Waals surface area contributed by atoms with E-state index in [0.717, 1.165) is 49.9 Å². The highest BCUT2D eigenvalue weighted by Crippen LogP contribution is 2.28. The van der Waals surface area contributed by atoms with E-state index < -0.39 is 5.91 Å². The highest BCUT2D eigenvalue weighted by molar-refractivity contribution is 8.18. The summed E-state index contributed by atoms with van der Waals surface area (Å²) in [6, 6.07) is 10.9. The molecule has 1 N–H and O–H groups in total. The van der Waals surface area contributed by atoms with E-state index in [1.807, 2.05) is 29.2 Å². The third-order valence-corrected chi connectivity index (χ3v) is 5.78. The van der Waals surface area contributed by atoms with E-state index in [4.69, 9.17) is 4.42 Å². The average Bonchev–Trinajstić information content (AvgIpc) is 3.23. The van der Waals surface area contributed by atoms with Crippen molar-refractivity contribution in [2.75, 3.05) is 33.2 Å². The molecule has 0 spiro atoms. The van der Waals surface area contributed by atoms with E-state index in [-0.39, 0.29) is 11.1 Å². The number of amides is 3. The van der Waals surface area contributed by atoms with Crippen molar-refractivity contribution in [3.63, 3.8) is 0 Å². The lowest BCUT2D eigenvalue weighted by Gasteiger charge is -2.20. The Kier molecular flexibility index (Phi) is 5.55. The van der Waals surface area contributed by atoms with Crippen molar-refractivity contribution in [1.82, 2.24) is 15.1 Å². The second-order valence-corrected chi connectivity index (χ2v) is 8.10. The molecule has 7 nitrogen and oxygen atoms in total. The fraction of sp³-hybridized carbons (Fsp3) is 0.286. The lowest BCUT2D eigenvalue weighted by atomic mass is 10.1. The molecule has 29 heavy (non-hydrogen) atoms. The average molecular weight is 411 g/mol. The van der Waals surface area contributed by atoms with Gasteiger partial charge in [0.2, 0.25) is 0 Å². The molecule has 0 unspecified atom stereocenters. The Balaban J connectivity index is 1.46. The zero-order valence-electron chi connectivity index (χ0n) is 16.0. The molecule has 2 saturated heterocycles. The molecule has 0 aliphatic carbocycles. The number of nitrogens with one attached hydrogen (secondary N) is 1. The van der Waals surface area contributed by atoms with Crippen LogP contribution in [0, 0.1) is 0 Å². The first-order valence-corrected chi connectivity index (χ1v) is 10.2. The van der Waals surface area contributed by atoms with Gasteiger partial charge in [0.25, 0.3) is 17.1 Å². The van der Waals surface area contributed by atoms with Gasteiger partial charge in [-0.25, -0.2) is 0 Å². The lowest BCUT2D eigenvalue weighted by Crippen LogP contribution is -2.34. The van der Waals surface area contributed by atoms with E-state index in [1.165, 1.54) is 0 Å². The summed E-state index contributed by atoms with van der Waals surface area (Å²) < 4.78 is 5.78. The minimum absolute atomic E-state index is 0.0469. The summed E-state index contributed by atoms with van der Waals surface area (Å²) in [5.41, 5.74) is 1.49. The second kappa shape index (κ2) is 8.26. The quantitative estimate of drug-likeness (QED) is 0.782. The van der Waals surface area contributed by atoms with Gasteiger partial charge in [-0.1, -0.05) is 12.1 Å². The van der Waals surface area contributed by atoms with Crippen LogP contribution in [0.4, 0.5) is 4.79 Å². The van der Waals surface area contributed by atoms with Crippen LogP contribution < -0.4 is 5.32 Å². The number of hydrogen-bond acceptors (Lipinski definition) is 6. The molecule has 8 heteroatoms. The lowest BCUT2D eigenvalue weighted by molar-refractivity contribution is -0.115. The summed E-state index contributed by atoms with van der Waals surface area (Å²) in [4.78, 5) is 40.1. The number of likely N-dealkylation sites (N-methyl/N-ethyl adjacent to an activating group) is 1. The Hall–Kier alpha value is -2.84. The fourth-order valence-electron chi connectivity index (χ4n) is 3.35. The Labute approximate surface area is 172 Å². The van der Waals surface area contributed by atoms with Gasteiger partial charge in [-0.2, -0.15) is 0 Å².